The highest BCUT2D eigenvalue weighted by Gasteiger charge is 2.26. The zero-order chi connectivity index (χ0) is 20.0. The molecule has 0 spiro atoms. The summed E-state index contributed by atoms with van der Waals surface area (Å²) in [6.45, 7) is -0.873. The highest BCUT2D eigenvalue weighted by Crippen LogP contribution is 2.33. The molecule has 1 aliphatic heterocycles. The van der Waals surface area contributed by atoms with Gasteiger partial charge >= 0.3 is 6.61 Å². The Kier molecular flexibility index (Phi) is 7.02. The first kappa shape index (κ1) is 20.5. The van der Waals surface area contributed by atoms with Crippen LogP contribution in [0.2, 0.25) is 0 Å². The zero-order valence-electron chi connectivity index (χ0n) is 14.5. The van der Waals surface area contributed by atoms with Gasteiger partial charge < -0.3 is 25.4 Å². The van der Waals surface area contributed by atoms with Crippen LogP contribution in [0.25, 0.3) is 0 Å². The predicted molar refractivity (Wildman–Crippen MR) is 91.5 cm³/mol. The number of nitrogens with two attached hydrogens (primary N) is 1. The van der Waals surface area contributed by atoms with E-state index in [1.807, 2.05) is 0 Å². The first-order chi connectivity index (χ1) is 12.8. The predicted octanol–water partition coefficient (Wildman–Crippen LogP) is 0.0531. The molecule has 4 N–H and O–H groups in total. The van der Waals surface area contributed by atoms with Gasteiger partial charge in [-0.1, -0.05) is 6.92 Å². The topological polar surface area (TPSA) is 123 Å². The number of hydrogen-bond acceptors (Lipinski definition) is 6. The van der Waals surface area contributed by atoms with E-state index in [2.05, 4.69) is 15.4 Å². The minimum absolute atomic E-state index is 0.101. The van der Waals surface area contributed by atoms with Crippen LogP contribution in [0.5, 0.6) is 5.75 Å². The van der Waals surface area contributed by atoms with Crippen LogP contribution in [-0.2, 0) is 19.1 Å². The molecule has 1 aromatic carbocycles. The third-order valence-electron chi connectivity index (χ3n) is 3.67. The van der Waals surface area contributed by atoms with Crippen molar-refractivity contribution in [3.63, 3.8) is 0 Å². The van der Waals surface area contributed by atoms with Gasteiger partial charge in [-0.2, -0.15) is 8.78 Å². The number of alkyl halides is 2. The van der Waals surface area contributed by atoms with Crippen molar-refractivity contribution in [2.75, 3.05) is 36.5 Å². The Morgan fingerprint density at radius 2 is 2.15 bits per heavy atom. The molecule has 3 amide bonds. The third-order valence-corrected chi connectivity index (χ3v) is 3.67. The average Bonchev–Trinajstić information content (AvgIpc) is 2.60. The lowest BCUT2D eigenvalue weighted by Crippen LogP contribution is -2.49. The third kappa shape index (κ3) is 5.34. The standard InChI is InChI=1S/C16H20F2N4O5/c1-2-20-13(14(19)24)15(25)21-9-3-4-10(11(7-9)27-16(17)18)22-5-6-26-8-12(22)23/h3-4,7,13,16,20H,2,5-6,8H2,1H3,(H2,19,24)(H,21,25)/t13-/m1/s1. The van der Waals surface area contributed by atoms with Gasteiger partial charge in [-0.15, -0.1) is 0 Å². The first-order valence-corrected chi connectivity index (χ1v) is 8.14. The van der Waals surface area contributed by atoms with Crippen LogP contribution >= 0.6 is 0 Å². The molecule has 1 aromatic rings. The summed E-state index contributed by atoms with van der Waals surface area (Å²) in [6.07, 6.45) is 0. The van der Waals surface area contributed by atoms with Gasteiger partial charge in [0.2, 0.25) is 5.91 Å². The Bertz CT molecular complexity index is 716. The second kappa shape index (κ2) is 9.24. The molecule has 1 fully saturated rings. The Hall–Kier alpha value is -2.79. The van der Waals surface area contributed by atoms with Gasteiger partial charge in [-0.3, -0.25) is 19.7 Å². The smallest absolute Gasteiger partial charge is 0.387 e. The van der Waals surface area contributed by atoms with Crippen LogP contribution in [0.15, 0.2) is 18.2 Å². The number of hydrogen-bond donors (Lipinski definition) is 3. The molecule has 1 saturated heterocycles. The summed E-state index contributed by atoms with van der Waals surface area (Å²) in [6, 6.07) is 2.63. The largest absolute Gasteiger partial charge is 0.433 e. The van der Waals surface area contributed by atoms with Gasteiger partial charge in [0.25, 0.3) is 11.8 Å². The number of nitrogens with one attached hydrogen (secondary N) is 2. The summed E-state index contributed by atoms with van der Waals surface area (Å²) in [4.78, 5) is 36.7. The summed E-state index contributed by atoms with van der Waals surface area (Å²) in [5.41, 5.74) is 5.39. The number of nitrogens with zero attached hydrogens (tertiary/aromatic N) is 1. The maximum atomic E-state index is 12.8. The van der Waals surface area contributed by atoms with E-state index in [1.54, 1.807) is 6.92 Å². The van der Waals surface area contributed by atoms with Crippen LogP contribution in [-0.4, -0.2) is 56.7 Å². The highest BCUT2D eigenvalue weighted by molar-refractivity contribution is 6.09. The van der Waals surface area contributed by atoms with Crippen molar-refractivity contribution >= 4 is 29.1 Å². The molecular weight excluding hydrogens is 366 g/mol. The Morgan fingerprint density at radius 3 is 2.74 bits per heavy atom. The number of likely N-dealkylation sites (N-methyl/N-ethyl adjacent to an activating group) is 1. The number of benzene rings is 1. The fourth-order valence-corrected chi connectivity index (χ4v) is 2.52. The van der Waals surface area contributed by atoms with Gasteiger partial charge in [0, 0.05) is 18.3 Å². The lowest BCUT2D eigenvalue weighted by molar-refractivity contribution is -0.128. The minimum atomic E-state index is -3.13. The summed E-state index contributed by atoms with van der Waals surface area (Å²) >= 11 is 0. The molecule has 0 aliphatic carbocycles. The van der Waals surface area contributed by atoms with E-state index in [9.17, 15) is 23.2 Å². The summed E-state index contributed by atoms with van der Waals surface area (Å²) < 4.78 is 35.1. The number of rotatable bonds is 8. The molecule has 1 aliphatic rings. The fraction of sp³-hybridized carbons (Fsp3) is 0.438. The molecule has 11 heteroatoms. The van der Waals surface area contributed by atoms with E-state index in [0.29, 0.717) is 6.54 Å². The number of carbonyl (C=O) groups is 3. The quantitative estimate of drug-likeness (QED) is 0.543. The molecule has 0 unspecified atom stereocenters. The lowest BCUT2D eigenvalue weighted by Gasteiger charge is -2.28. The van der Waals surface area contributed by atoms with Crippen molar-refractivity contribution in [3.8, 4) is 5.75 Å². The van der Waals surface area contributed by atoms with E-state index in [4.69, 9.17) is 10.5 Å². The molecule has 9 nitrogen and oxygen atoms in total. The normalized spacial score (nSPS) is 15.6. The van der Waals surface area contributed by atoms with Crippen LogP contribution in [0, 0.1) is 0 Å². The Labute approximate surface area is 153 Å². The van der Waals surface area contributed by atoms with E-state index >= 15 is 0 Å². The molecule has 0 saturated carbocycles. The summed E-state index contributed by atoms with van der Waals surface area (Å²) in [5, 5.41) is 5.02. The maximum absolute atomic E-state index is 12.8. The van der Waals surface area contributed by atoms with Crippen molar-refractivity contribution in [2.24, 2.45) is 5.73 Å². The number of ether oxygens (including phenoxy) is 2. The Morgan fingerprint density at radius 1 is 1.41 bits per heavy atom. The summed E-state index contributed by atoms with van der Waals surface area (Å²) in [7, 11) is 0. The second-order valence-corrected chi connectivity index (χ2v) is 5.54. The molecule has 1 heterocycles. The van der Waals surface area contributed by atoms with Crippen molar-refractivity contribution in [2.45, 2.75) is 19.6 Å². The van der Waals surface area contributed by atoms with E-state index < -0.39 is 30.4 Å². The number of amides is 3. The van der Waals surface area contributed by atoms with E-state index in [0.717, 1.165) is 6.07 Å². The van der Waals surface area contributed by atoms with E-state index in [1.165, 1.54) is 17.0 Å². The molecule has 148 valence electrons. The molecule has 0 radical (unpaired) electrons. The molecule has 27 heavy (non-hydrogen) atoms. The molecule has 1 atom stereocenters. The van der Waals surface area contributed by atoms with Crippen molar-refractivity contribution in [1.82, 2.24) is 5.32 Å². The van der Waals surface area contributed by atoms with E-state index in [-0.39, 0.29) is 36.9 Å². The monoisotopic (exact) mass is 386 g/mol. The number of anilines is 2. The SMILES string of the molecule is CCN[C@H](C(N)=O)C(=O)Nc1ccc(N2CCOCC2=O)c(OC(F)F)c1. The van der Waals surface area contributed by atoms with Gasteiger partial charge in [0.1, 0.15) is 6.61 Å². The summed E-state index contributed by atoms with van der Waals surface area (Å²) in [5.74, 6) is -2.33. The molecule has 0 bridgehead atoms. The Balaban J connectivity index is 2.27. The molecule has 0 aromatic heterocycles. The first-order valence-electron chi connectivity index (χ1n) is 8.14. The van der Waals surface area contributed by atoms with Crippen LogP contribution < -0.4 is 26.0 Å². The fourth-order valence-electron chi connectivity index (χ4n) is 2.52. The van der Waals surface area contributed by atoms with Crippen LogP contribution in [0.1, 0.15) is 6.92 Å². The number of carbonyl (C=O) groups excluding carboxylic acids is 3. The number of halogens is 2. The maximum Gasteiger partial charge on any atom is 0.387 e. The van der Waals surface area contributed by atoms with Gasteiger partial charge in [0.05, 0.1) is 12.3 Å². The number of morpholine rings is 1. The average molecular weight is 386 g/mol. The second-order valence-electron chi connectivity index (χ2n) is 5.54. The lowest BCUT2D eigenvalue weighted by atomic mass is 10.2. The van der Waals surface area contributed by atoms with Gasteiger partial charge in [-0.25, -0.2) is 0 Å². The van der Waals surface area contributed by atoms with Gasteiger partial charge in [0.15, 0.2) is 11.8 Å². The van der Waals surface area contributed by atoms with Crippen LogP contribution in [0.4, 0.5) is 20.2 Å². The highest BCUT2D eigenvalue weighted by atomic mass is 19.3. The number of primary amides is 1. The van der Waals surface area contributed by atoms with Crippen LogP contribution in [0.3, 0.4) is 0 Å². The van der Waals surface area contributed by atoms with Crippen molar-refractivity contribution in [1.29, 1.82) is 0 Å². The zero-order valence-corrected chi connectivity index (χ0v) is 14.5. The molecular formula is C16H20F2N4O5. The van der Waals surface area contributed by atoms with Gasteiger partial charge in [-0.05, 0) is 18.7 Å². The van der Waals surface area contributed by atoms with Crippen molar-refractivity contribution in [3.05, 3.63) is 18.2 Å². The van der Waals surface area contributed by atoms with Crippen molar-refractivity contribution < 1.29 is 32.6 Å². The molecule has 2 rings (SSSR count). The minimum Gasteiger partial charge on any atom is -0.433 e.